The second kappa shape index (κ2) is 11.1. The van der Waals surface area contributed by atoms with Gasteiger partial charge in [-0.05, 0) is 79.9 Å². The average Bonchev–Trinajstić information content (AvgIpc) is 2.78. The van der Waals surface area contributed by atoms with Crippen molar-refractivity contribution < 1.29 is 19.4 Å². The van der Waals surface area contributed by atoms with Crippen LogP contribution in [0.2, 0.25) is 5.02 Å². The van der Waals surface area contributed by atoms with Gasteiger partial charge in [-0.1, -0.05) is 35.9 Å². The topological polar surface area (TPSA) is 99.4 Å². The first-order valence-electron chi connectivity index (χ1n) is 9.40. The third-order valence-electron chi connectivity index (χ3n) is 4.39. The van der Waals surface area contributed by atoms with Crippen molar-refractivity contribution in [2.75, 3.05) is 5.32 Å². The van der Waals surface area contributed by atoms with Gasteiger partial charge < -0.3 is 15.2 Å². The molecular formula is C24H15Br2ClN2O4. The molecule has 9 heteroatoms. The number of carboxylic acid groups (broad SMARTS) is 1. The number of rotatable bonds is 7. The lowest BCUT2D eigenvalue weighted by Gasteiger charge is -2.12. The molecule has 2 N–H and O–H groups in total. The van der Waals surface area contributed by atoms with Crippen LogP contribution in [-0.4, -0.2) is 17.0 Å². The molecule has 166 valence electrons. The fraction of sp³-hybridized carbons (Fsp3) is 0.0417. The maximum atomic E-state index is 12.5. The van der Waals surface area contributed by atoms with Gasteiger partial charge in [0.05, 0.1) is 14.5 Å². The molecule has 1 amide bonds. The number of carboxylic acids is 1. The van der Waals surface area contributed by atoms with Gasteiger partial charge in [-0.2, -0.15) is 5.26 Å². The van der Waals surface area contributed by atoms with E-state index in [0.717, 1.165) is 5.56 Å². The van der Waals surface area contributed by atoms with Crippen LogP contribution in [-0.2, 0) is 11.4 Å². The number of nitriles is 1. The van der Waals surface area contributed by atoms with Gasteiger partial charge in [-0.25, -0.2) is 4.79 Å². The standard InChI is InChI=1S/C24H15Br2ClN2O4/c25-19-9-14(10-20(26)22(19)33-13-16-4-1-2-7-21(16)27)8-17(12-28)23(30)29-18-6-3-5-15(11-18)24(31)32/h1-11H,13H2,(H,29,30)(H,31,32)/b17-8-. The van der Waals surface area contributed by atoms with Crippen molar-refractivity contribution in [2.45, 2.75) is 6.61 Å². The van der Waals surface area contributed by atoms with E-state index in [1.807, 2.05) is 24.3 Å². The molecule has 0 heterocycles. The first-order chi connectivity index (χ1) is 15.8. The van der Waals surface area contributed by atoms with Crippen LogP contribution >= 0.6 is 43.5 Å². The van der Waals surface area contributed by atoms with Crippen molar-refractivity contribution >= 4 is 67.1 Å². The lowest BCUT2D eigenvalue weighted by molar-refractivity contribution is -0.112. The van der Waals surface area contributed by atoms with Crippen LogP contribution < -0.4 is 10.1 Å². The highest BCUT2D eigenvalue weighted by atomic mass is 79.9. The smallest absolute Gasteiger partial charge is 0.335 e. The Morgan fingerprint density at radius 2 is 1.79 bits per heavy atom. The normalized spacial score (nSPS) is 10.9. The van der Waals surface area contributed by atoms with Gasteiger partial charge in [-0.3, -0.25) is 4.79 Å². The number of hydrogen-bond acceptors (Lipinski definition) is 4. The molecule has 0 aliphatic rings. The SMILES string of the molecule is N#C/C(=C/c1cc(Br)c(OCc2ccccc2Cl)c(Br)c1)C(=O)Nc1cccc(C(=O)O)c1. The largest absolute Gasteiger partial charge is 0.486 e. The minimum Gasteiger partial charge on any atom is -0.486 e. The molecule has 0 aromatic heterocycles. The number of anilines is 1. The highest BCUT2D eigenvalue weighted by molar-refractivity contribution is 9.11. The van der Waals surface area contributed by atoms with Gasteiger partial charge >= 0.3 is 5.97 Å². The second-order valence-corrected chi connectivity index (χ2v) is 8.82. The number of carbonyl (C=O) groups is 2. The molecule has 0 saturated carbocycles. The fourth-order valence-corrected chi connectivity index (χ4v) is 4.45. The summed E-state index contributed by atoms with van der Waals surface area (Å²) >= 11 is 13.1. The van der Waals surface area contributed by atoms with E-state index in [2.05, 4.69) is 37.2 Å². The molecule has 6 nitrogen and oxygen atoms in total. The molecule has 3 rings (SSSR count). The van der Waals surface area contributed by atoms with Crippen molar-refractivity contribution in [3.05, 3.63) is 96.9 Å². The van der Waals surface area contributed by atoms with Crippen LogP contribution in [0.3, 0.4) is 0 Å². The first kappa shape index (κ1) is 24.5. The molecule has 0 unspecified atom stereocenters. The van der Waals surface area contributed by atoms with Crippen LogP contribution in [0.5, 0.6) is 5.75 Å². The number of carbonyl (C=O) groups excluding carboxylic acids is 1. The van der Waals surface area contributed by atoms with Gasteiger partial charge in [0.1, 0.15) is 24.0 Å². The first-order valence-corrected chi connectivity index (χ1v) is 11.4. The van der Waals surface area contributed by atoms with E-state index in [9.17, 15) is 14.9 Å². The Morgan fingerprint density at radius 3 is 2.42 bits per heavy atom. The van der Waals surface area contributed by atoms with Gasteiger partial charge in [0.15, 0.2) is 0 Å². The monoisotopic (exact) mass is 588 g/mol. The molecule has 0 aliphatic heterocycles. The summed E-state index contributed by atoms with van der Waals surface area (Å²) in [6.45, 7) is 0.257. The molecule has 0 bridgehead atoms. The molecular weight excluding hydrogens is 576 g/mol. The van der Waals surface area contributed by atoms with Crippen molar-refractivity contribution in [1.82, 2.24) is 0 Å². The Labute approximate surface area is 211 Å². The molecule has 0 aliphatic carbocycles. The number of nitrogens with one attached hydrogen (secondary N) is 1. The summed E-state index contributed by atoms with van der Waals surface area (Å²) in [5.74, 6) is -1.24. The minimum atomic E-state index is -1.12. The molecule has 0 spiro atoms. The van der Waals surface area contributed by atoms with E-state index in [-0.39, 0.29) is 23.4 Å². The van der Waals surface area contributed by atoms with E-state index in [0.29, 0.717) is 25.3 Å². The summed E-state index contributed by atoms with van der Waals surface area (Å²) in [5, 5.41) is 21.7. The van der Waals surface area contributed by atoms with Crippen molar-refractivity contribution in [1.29, 1.82) is 5.26 Å². The summed E-state index contributed by atoms with van der Waals surface area (Å²) in [5.41, 5.74) is 1.55. The second-order valence-electron chi connectivity index (χ2n) is 6.70. The number of benzene rings is 3. The fourth-order valence-electron chi connectivity index (χ4n) is 2.81. The Balaban J connectivity index is 1.79. The zero-order valence-electron chi connectivity index (χ0n) is 16.8. The van der Waals surface area contributed by atoms with Crippen molar-refractivity contribution in [3.63, 3.8) is 0 Å². The third-order valence-corrected chi connectivity index (χ3v) is 5.94. The number of halogens is 3. The van der Waals surface area contributed by atoms with Crippen LogP contribution in [0.15, 0.2) is 75.2 Å². The number of aromatic carboxylic acids is 1. The summed E-state index contributed by atoms with van der Waals surface area (Å²) in [4.78, 5) is 23.7. The predicted octanol–water partition coefficient (Wildman–Crippen LogP) is 6.69. The molecule has 0 saturated heterocycles. The Hall–Kier alpha value is -3.12. The predicted molar refractivity (Wildman–Crippen MR) is 133 cm³/mol. The summed E-state index contributed by atoms with van der Waals surface area (Å²) in [7, 11) is 0. The average molecular weight is 591 g/mol. The van der Waals surface area contributed by atoms with E-state index >= 15 is 0 Å². The Bertz CT molecular complexity index is 1280. The van der Waals surface area contributed by atoms with Crippen LogP contribution in [0, 0.1) is 11.3 Å². The molecule has 0 radical (unpaired) electrons. The van der Waals surface area contributed by atoms with Crippen LogP contribution in [0.25, 0.3) is 6.08 Å². The maximum absolute atomic E-state index is 12.5. The van der Waals surface area contributed by atoms with Crippen LogP contribution in [0.1, 0.15) is 21.5 Å². The summed E-state index contributed by atoms with van der Waals surface area (Å²) < 4.78 is 7.11. The summed E-state index contributed by atoms with van der Waals surface area (Å²) in [6, 6.07) is 18.4. The van der Waals surface area contributed by atoms with E-state index < -0.39 is 11.9 Å². The zero-order valence-corrected chi connectivity index (χ0v) is 20.7. The number of ether oxygens (including phenoxy) is 1. The van der Waals surface area contributed by atoms with E-state index in [1.165, 1.54) is 30.3 Å². The lowest BCUT2D eigenvalue weighted by Crippen LogP contribution is -2.14. The van der Waals surface area contributed by atoms with Crippen LogP contribution in [0.4, 0.5) is 5.69 Å². The molecule has 3 aromatic carbocycles. The Kier molecular flexibility index (Phi) is 8.28. The number of hydrogen-bond donors (Lipinski definition) is 2. The quantitative estimate of drug-likeness (QED) is 0.236. The molecule has 0 atom stereocenters. The third kappa shape index (κ3) is 6.45. The lowest BCUT2D eigenvalue weighted by atomic mass is 10.1. The minimum absolute atomic E-state index is 0.0236. The van der Waals surface area contributed by atoms with Gasteiger partial charge in [0, 0.05) is 16.3 Å². The van der Waals surface area contributed by atoms with Gasteiger partial charge in [-0.15, -0.1) is 0 Å². The number of amides is 1. The van der Waals surface area contributed by atoms with Gasteiger partial charge in [0.2, 0.25) is 0 Å². The summed E-state index contributed by atoms with van der Waals surface area (Å²) in [6.07, 6.45) is 1.42. The van der Waals surface area contributed by atoms with E-state index in [4.69, 9.17) is 21.4 Å². The molecule has 3 aromatic rings. The maximum Gasteiger partial charge on any atom is 0.335 e. The molecule has 0 fully saturated rings. The van der Waals surface area contributed by atoms with Gasteiger partial charge in [0.25, 0.3) is 5.91 Å². The molecule has 33 heavy (non-hydrogen) atoms. The highest BCUT2D eigenvalue weighted by Gasteiger charge is 2.14. The zero-order chi connectivity index (χ0) is 24.0. The number of nitrogens with zero attached hydrogens (tertiary/aromatic N) is 1. The van der Waals surface area contributed by atoms with E-state index in [1.54, 1.807) is 18.2 Å². The highest BCUT2D eigenvalue weighted by Crippen LogP contribution is 2.36. The van der Waals surface area contributed by atoms with Crippen molar-refractivity contribution in [3.8, 4) is 11.8 Å². The Morgan fingerprint density at radius 1 is 1.09 bits per heavy atom. The van der Waals surface area contributed by atoms with Crippen molar-refractivity contribution in [2.24, 2.45) is 0 Å².